The van der Waals surface area contributed by atoms with Gasteiger partial charge in [0.25, 0.3) is 0 Å². The van der Waals surface area contributed by atoms with Gasteiger partial charge in [-0.15, -0.1) is 11.3 Å². The number of hydrogen-bond donors (Lipinski definition) is 1. The zero-order chi connectivity index (χ0) is 13.8. The molecule has 1 atom stereocenters. The minimum Gasteiger partial charge on any atom is -0.377 e. The van der Waals surface area contributed by atoms with Crippen molar-refractivity contribution in [3.05, 3.63) is 21.3 Å². The summed E-state index contributed by atoms with van der Waals surface area (Å²) in [6.45, 7) is 5.91. The van der Waals surface area contributed by atoms with Crippen molar-refractivity contribution in [2.75, 3.05) is 20.7 Å². The Morgan fingerprint density at radius 1 is 1.50 bits per heavy atom. The van der Waals surface area contributed by atoms with Gasteiger partial charge in [0.2, 0.25) is 0 Å². The molecule has 1 rings (SSSR count). The number of nitrogens with two attached hydrogens (primary N) is 1. The molecule has 5 heteroatoms. The van der Waals surface area contributed by atoms with Gasteiger partial charge in [-0.3, -0.25) is 0 Å². The van der Waals surface area contributed by atoms with Crippen LogP contribution in [0.3, 0.4) is 0 Å². The van der Waals surface area contributed by atoms with Crippen LogP contribution in [0.1, 0.15) is 25.1 Å². The van der Waals surface area contributed by atoms with E-state index >= 15 is 0 Å². The highest BCUT2D eigenvalue weighted by Crippen LogP contribution is 2.22. The summed E-state index contributed by atoms with van der Waals surface area (Å²) in [7, 11) is 3.80. The van der Waals surface area contributed by atoms with E-state index in [2.05, 4.69) is 18.0 Å². The maximum Gasteiger partial charge on any atom is 0.0931 e. The Hall–Kier alpha value is -0.130. The van der Waals surface area contributed by atoms with Crippen LogP contribution < -0.4 is 5.73 Å². The maximum absolute atomic E-state index is 6.14. The van der Waals surface area contributed by atoms with Gasteiger partial charge in [0.15, 0.2) is 0 Å². The summed E-state index contributed by atoms with van der Waals surface area (Å²) >= 11 is 7.54. The Balaban J connectivity index is 2.35. The fourth-order valence-electron chi connectivity index (χ4n) is 1.64. The molecule has 0 bridgehead atoms. The topological polar surface area (TPSA) is 38.5 Å². The lowest BCUT2D eigenvalue weighted by molar-refractivity contribution is -0.00332. The molecule has 1 unspecified atom stereocenters. The maximum atomic E-state index is 6.14. The van der Waals surface area contributed by atoms with Crippen molar-refractivity contribution in [3.63, 3.8) is 0 Å². The predicted octanol–water partition coefficient (Wildman–Crippen LogP) is 2.98. The zero-order valence-corrected chi connectivity index (χ0v) is 13.1. The van der Waals surface area contributed by atoms with Crippen molar-refractivity contribution < 1.29 is 4.74 Å². The van der Waals surface area contributed by atoms with E-state index in [0.717, 1.165) is 23.8 Å². The predicted molar refractivity (Wildman–Crippen MR) is 79.3 cm³/mol. The zero-order valence-electron chi connectivity index (χ0n) is 11.6. The minimum absolute atomic E-state index is 0.0388. The van der Waals surface area contributed by atoms with Crippen LogP contribution in [0.5, 0.6) is 0 Å². The molecule has 0 aliphatic heterocycles. The molecule has 1 aromatic rings. The SMILES string of the molecule is COC(C)(C)C(N)CCN(C)Cc1ccc(Cl)s1. The van der Waals surface area contributed by atoms with Crippen molar-refractivity contribution >= 4 is 22.9 Å². The number of thiophene rings is 1. The molecular weight excluding hydrogens is 268 g/mol. The highest BCUT2D eigenvalue weighted by molar-refractivity contribution is 7.16. The molecule has 18 heavy (non-hydrogen) atoms. The van der Waals surface area contributed by atoms with Crippen molar-refractivity contribution in [3.8, 4) is 0 Å². The normalized spacial score (nSPS) is 14.2. The molecule has 1 aromatic heterocycles. The van der Waals surface area contributed by atoms with Crippen molar-refractivity contribution in [1.29, 1.82) is 0 Å². The molecule has 0 spiro atoms. The van der Waals surface area contributed by atoms with Crippen LogP contribution in [0.2, 0.25) is 4.34 Å². The van der Waals surface area contributed by atoms with Gasteiger partial charge in [-0.25, -0.2) is 0 Å². The van der Waals surface area contributed by atoms with Gasteiger partial charge < -0.3 is 15.4 Å². The minimum atomic E-state index is -0.271. The largest absolute Gasteiger partial charge is 0.377 e. The fraction of sp³-hybridized carbons (Fsp3) is 0.692. The second-order valence-corrected chi connectivity index (χ2v) is 6.95. The number of ether oxygens (including phenoxy) is 1. The lowest BCUT2D eigenvalue weighted by Gasteiger charge is -2.31. The number of hydrogen-bond acceptors (Lipinski definition) is 4. The van der Waals surface area contributed by atoms with Crippen LogP contribution in [0.15, 0.2) is 12.1 Å². The van der Waals surface area contributed by atoms with Gasteiger partial charge in [0, 0.05) is 24.6 Å². The van der Waals surface area contributed by atoms with E-state index in [-0.39, 0.29) is 11.6 Å². The van der Waals surface area contributed by atoms with Gasteiger partial charge in [-0.1, -0.05) is 11.6 Å². The highest BCUT2D eigenvalue weighted by Gasteiger charge is 2.25. The lowest BCUT2D eigenvalue weighted by Crippen LogP contribution is -2.46. The number of rotatable bonds is 7. The summed E-state index contributed by atoms with van der Waals surface area (Å²) in [6, 6.07) is 4.05. The summed E-state index contributed by atoms with van der Waals surface area (Å²) in [4.78, 5) is 3.54. The third-order valence-corrected chi connectivity index (χ3v) is 4.51. The average molecular weight is 291 g/mol. The van der Waals surface area contributed by atoms with E-state index in [1.165, 1.54) is 4.88 Å². The smallest absolute Gasteiger partial charge is 0.0931 e. The summed E-state index contributed by atoms with van der Waals surface area (Å²) in [5, 5.41) is 0. The standard InChI is InChI=1S/C13H23ClN2OS/c1-13(2,17-4)11(15)7-8-16(3)9-10-5-6-12(14)18-10/h5-6,11H,7-9,15H2,1-4H3. The molecule has 0 aliphatic carbocycles. The van der Waals surface area contributed by atoms with E-state index in [9.17, 15) is 0 Å². The Morgan fingerprint density at radius 2 is 2.17 bits per heavy atom. The lowest BCUT2D eigenvalue weighted by atomic mass is 9.96. The monoisotopic (exact) mass is 290 g/mol. The van der Waals surface area contributed by atoms with E-state index in [1.54, 1.807) is 18.4 Å². The van der Waals surface area contributed by atoms with Crippen LogP contribution in [-0.2, 0) is 11.3 Å². The van der Waals surface area contributed by atoms with Gasteiger partial charge in [0.05, 0.1) is 9.94 Å². The molecule has 104 valence electrons. The second-order valence-electron chi connectivity index (χ2n) is 5.15. The molecule has 0 amide bonds. The first-order valence-electron chi connectivity index (χ1n) is 6.08. The van der Waals surface area contributed by atoms with Crippen molar-refractivity contribution in [1.82, 2.24) is 4.90 Å². The number of methoxy groups -OCH3 is 1. The van der Waals surface area contributed by atoms with Gasteiger partial charge in [-0.05, 0) is 46.0 Å². The first-order chi connectivity index (χ1) is 8.35. The van der Waals surface area contributed by atoms with Crippen LogP contribution in [0, 0.1) is 0 Å². The molecule has 1 heterocycles. The van der Waals surface area contributed by atoms with Gasteiger partial charge in [0.1, 0.15) is 0 Å². The molecule has 0 aliphatic rings. The highest BCUT2D eigenvalue weighted by atomic mass is 35.5. The summed E-state index contributed by atoms with van der Waals surface area (Å²) in [5.41, 5.74) is 5.87. The Labute approximate surface area is 119 Å². The molecule has 0 radical (unpaired) electrons. The van der Waals surface area contributed by atoms with E-state index in [1.807, 2.05) is 19.9 Å². The fourth-order valence-corrected chi connectivity index (χ4v) is 2.81. The van der Waals surface area contributed by atoms with Gasteiger partial charge >= 0.3 is 0 Å². The van der Waals surface area contributed by atoms with Gasteiger partial charge in [-0.2, -0.15) is 0 Å². The van der Waals surface area contributed by atoms with Crippen molar-refractivity contribution in [2.24, 2.45) is 5.73 Å². The molecule has 0 saturated carbocycles. The first-order valence-corrected chi connectivity index (χ1v) is 7.28. The van der Waals surface area contributed by atoms with E-state index in [4.69, 9.17) is 22.1 Å². The molecule has 3 nitrogen and oxygen atoms in total. The average Bonchev–Trinajstić information content (AvgIpc) is 2.71. The molecule has 0 fully saturated rings. The third kappa shape index (κ3) is 4.86. The van der Waals surface area contributed by atoms with Crippen LogP contribution in [0.25, 0.3) is 0 Å². The molecular formula is C13H23ClN2OS. The second kappa shape index (κ2) is 6.87. The quantitative estimate of drug-likeness (QED) is 0.839. The summed E-state index contributed by atoms with van der Waals surface area (Å²) < 4.78 is 6.24. The van der Waals surface area contributed by atoms with E-state index in [0.29, 0.717) is 0 Å². The van der Waals surface area contributed by atoms with Crippen LogP contribution in [0.4, 0.5) is 0 Å². The first kappa shape index (κ1) is 15.9. The van der Waals surface area contributed by atoms with Crippen LogP contribution in [-0.4, -0.2) is 37.2 Å². The number of halogens is 1. The summed E-state index contributed by atoms with van der Waals surface area (Å²) in [6.07, 6.45) is 0.913. The molecule has 0 aromatic carbocycles. The Bertz CT molecular complexity index is 368. The third-order valence-electron chi connectivity index (χ3n) is 3.30. The molecule has 0 saturated heterocycles. The Kier molecular flexibility index (Phi) is 6.08. The summed E-state index contributed by atoms with van der Waals surface area (Å²) in [5.74, 6) is 0. The number of nitrogens with zero attached hydrogens (tertiary/aromatic N) is 1. The van der Waals surface area contributed by atoms with Crippen LogP contribution >= 0.6 is 22.9 Å². The Morgan fingerprint density at radius 3 is 2.67 bits per heavy atom. The van der Waals surface area contributed by atoms with E-state index < -0.39 is 0 Å². The molecule has 2 N–H and O–H groups in total. The van der Waals surface area contributed by atoms with Crippen molar-refractivity contribution in [2.45, 2.75) is 38.5 Å².